The molecule has 6 nitrogen and oxygen atoms in total. The summed E-state index contributed by atoms with van der Waals surface area (Å²) >= 11 is 0. The fourth-order valence-electron chi connectivity index (χ4n) is 2.75. The van der Waals surface area contributed by atoms with Crippen LogP contribution < -0.4 is 10.1 Å². The first-order chi connectivity index (χ1) is 12.0. The number of carbonyl (C=O) groups is 2. The first-order valence-electron chi connectivity index (χ1n) is 8.94. The van der Waals surface area contributed by atoms with Crippen LogP contribution in [0.2, 0.25) is 0 Å². The van der Waals surface area contributed by atoms with Crippen LogP contribution in [0.5, 0.6) is 5.75 Å². The van der Waals surface area contributed by atoms with Crippen LogP contribution in [0.1, 0.15) is 40.0 Å². The Morgan fingerprint density at radius 3 is 2.36 bits per heavy atom. The van der Waals surface area contributed by atoms with Crippen LogP contribution in [0, 0.1) is 0 Å². The average Bonchev–Trinajstić information content (AvgIpc) is 3.15. The molecule has 1 aliphatic heterocycles. The van der Waals surface area contributed by atoms with E-state index in [1.54, 1.807) is 31.2 Å². The highest BCUT2D eigenvalue weighted by Gasteiger charge is 2.31. The van der Waals surface area contributed by atoms with Gasteiger partial charge in [0.05, 0.1) is 0 Å². The van der Waals surface area contributed by atoms with Gasteiger partial charge in [-0.1, -0.05) is 6.92 Å². The Morgan fingerprint density at radius 1 is 1.16 bits per heavy atom. The predicted molar refractivity (Wildman–Crippen MR) is 96.7 cm³/mol. The molecule has 0 saturated carbocycles. The summed E-state index contributed by atoms with van der Waals surface area (Å²) in [5.74, 6) is 0.452. The Hall–Kier alpha value is -2.08. The molecule has 6 heteroatoms. The van der Waals surface area contributed by atoms with Gasteiger partial charge in [-0.25, -0.2) is 0 Å². The van der Waals surface area contributed by atoms with Crippen LogP contribution in [0.25, 0.3) is 0 Å². The van der Waals surface area contributed by atoms with Crippen molar-refractivity contribution in [3.8, 4) is 5.75 Å². The van der Waals surface area contributed by atoms with E-state index in [9.17, 15) is 9.59 Å². The van der Waals surface area contributed by atoms with Crippen molar-refractivity contribution in [3.05, 3.63) is 24.3 Å². The van der Waals surface area contributed by atoms with Crippen molar-refractivity contribution < 1.29 is 19.1 Å². The van der Waals surface area contributed by atoms with E-state index in [1.807, 2.05) is 18.7 Å². The highest BCUT2D eigenvalue weighted by Crippen LogP contribution is 2.21. The zero-order valence-electron chi connectivity index (χ0n) is 15.3. The van der Waals surface area contributed by atoms with Gasteiger partial charge < -0.3 is 19.7 Å². The summed E-state index contributed by atoms with van der Waals surface area (Å²) in [4.78, 5) is 26.2. The van der Waals surface area contributed by atoms with Gasteiger partial charge in [-0.15, -0.1) is 0 Å². The zero-order valence-corrected chi connectivity index (χ0v) is 15.3. The maximum atomic E-state index is 12.4. The standard InChI is InChI=1S/C19H28N2O4/c1-4-19(3,25-5-2)18(23)20-15-8-10-16(11-9-15)24-14-17(22)21-12-6-7-13-21/h8-11H,4-7,12-14H2,1-3H3,(H,20,23)/t19-/m1/s1. The molecule has 0 spiro atoms. The summed E-state index contributed by atoms with van der Waals surface area (Å²) in [6, 6.07) is 7.01. The van der Waals surface area contributed by atoms with Crippen LogP contribution in [0.15, 0.2) is 24.3 Å². The van der Waals surface area contributed by atoms with Gasteiger partial charge in [0, 0.05) is 25.4 Å². The molecule has 1 aromatic rings. The van der Waals surface area contributed by atoms with Gasteiger partial charge in [-0.3, -0.25) is 9.59 Å². The van der Waals surface area contributed by atoms with E-state index in [-0.39, 0.29) is 18.4 Å². The summed E-state index contributed by atoms with van der Waals surface area (Å²) in [5.41, 5.74) is -0.172. The maximum absolute atomic E-state index is 12.4. The van der Waals surface area contributed by atoms with Crippen LogP contribution in [0.4, 0.5) is 5.69 Å². The van der Waals surface area contributed by atoms with E-state index in [4.69, 9.17) is 9.47 Å². The number of benzene rings is 1. The summed E-state index contributed by atoms with van der Waals surface area (Å²) in [6.45, 7) is 7.75. The molecule has 1 N–H and O–H groups in total. The van der Waals surface area contributed by atoms with E-state index in [0.29, 0.717) is 24.5 Å². The molecule has 1 aliphatic rings. The van der Waals surface area contributed by atoms with E-state index in [0.717, 1.165) is 25.9 Å². The Labute approximate surface area is 149 Å². The molecule has 0 aromatic heterocycles. The first-order valence-corrected chi connectivity index (χ1v) is 8.94. The average molecular weight is 348 g/mol. The van der Waals surface area contributed by atoms with Crippen molar-refractivity contribution in [2.45, 2.75) is 45.6 Å². The minimum absolute atomic E-state index is 0.0188. The number of amides is 2. The van der Waals surface area contributed by atoms with Gasteiger partial charge in [0.15, 0.2) is 6.61 Å². The van der Waals surface area contributed by atoms with E-state index < -0.39 is 5.60 Å². The second-order valence-corrected chi connectivity index (χ2v) is 6.37. The molecular formula is C19H28N2O4. The van der Waals surface area contributed by atoms with Gasteiger partial charge >= 0.3 is 0 Å². The quantitative estimate of drug-likeness (QED) is 0.784. The third-order valence-corrected chi connectivity index (χ3v) is 4.55. The Balaban J connectivity index is 1.86. The number of rotatable bonds is 8. The monoisotopic (exact) mass is 348 g/mol. The molecule has 1 fully saturated rings. The number of nitrogens with one attached hydrogen (secondary N) is 1. The summed E-state index contributed by atoms with van der Waals surface area (Å²) in [6.07, 6.45) is 2.73. The third-order valence-electron chi connectivity index (χ3n) is 4.55. The molecule has 1 aromatic carbocycles. The fourth-order valence-corrected chi connectivity index (χ4v) is 2.75. The van der Waals surface area contributed by atoms with Crippen molar-refractivity contribution in [2.75, 3.05) is 31.6 Å². The van der Waals surface area contributed by atoms with Crippen molar-refractivity contribution in [2.24, 2.45) is 0 Å². The second-order valence-electron chi connectivity index (χ2n) is 6.37. The smallest absolute Gasteiger partial charge is 0.260 e. The molecule has 0 unspecified atom stereocenters. The molecule has 1 atom stereocenters. The van der Waals surface area contributed by atoms with Gasteiger partial charge in [0.2, 0.25) is 0 Å². The second kappa shape index (κ2) is 8.85. The topological polar surface area (TPSA) is 67.9 Å². The number of anilines is 1. The minimum atomic E-state index is -0.841. The minimum Gasteiger partial charge on any atom is -0.484 e. The van der Waals surface area contributed by atoms with Crippen LogP contribution in [0.3, 0.4) is 0 Å². The number of likely N-dealkylation sites (tertiary alicyclic amines) is 1. The van der Waals surface area contributed by atoms with Gasteiger partial charge in [0.1, 0.15) is 11.4 Å². The number of hydrogen-bond donors (Lipinski definition) is 1. The third kappa shape index (κ3) is 5.19. The van der Waals surface area contributed by atoms with Crippen molar-refractivity contribution in [1.29, 1.82) is 0 Å². The number of hydrogen-bond acceptors (Lipinski definition) is 4. The van der Waals surface area contributed by atoms with Crippen LogP contribution >= 0.6 is 0 Å². The van der Waals surface area contributed by atoms with E-state index >= 15 is 0 Å². The predicted octanol–water partition coefficient (Wildman–Crippen LogP) is 2.83. The molecule has 138 valence electrons. The van der Waals surface area contributed by atoms with Crippen LogP contribution in [-0.4, -0.2) is 48.6 Å². The lowest BCUT2D eigenvalue weighted by Gasteiger charge is -2.26. The highest BCUT2D eigenvalue weighted by molar-refractivity contribution is 5.97. The SMILES string of the molecule is CCO[C@](C)(CC)C(=O)Nc1ccc(OCC(=O)N2CCCC2)cc1. The highest BCUT2D eigenvalue weighted by atomic mass is 16.5. The summed E-state index contributed by atoms with van der Waals surface area (Å²) in [5, 5.41) is 2.86. The summed E-state index contributed by atoms with van der Waals surface area (Å²) in [7, 11) is 0. The van der Waals surface area contributed by atoms with Crippen molar-refractivity contribution in [1.82, 2.24) is 4.90 Å². The lowest BCUT2D eigenvalue weighted by Crippen LogP contribution is -2.42. The molecule has 25 heavy (non-hydrogen) atoms. The molecule has 0 radical (unpaired) electrons. The molecule has 0 aliphatic carbocycles. The molecule has 0 bridgehead atoms. The molecule has 2 amide bonds. The largest absolute Gasteiger partial charge is 0.484 e. The lowest BCUT2D eigenvalue weighted by atomic mass is 10.0. The van der Waals surface area contributed by atoms with Gasteiger partial charge in [-0.2, -0.15) is 0 Å². The summed E-state index contributed by atoms with van der Waals surface area (Å²) < 4.78 is 11.1. The normalized spacial score (nSPS) is 16.4. The fraction of sp³-hybridized carbons (Fsp3) is 0.579. The Bertz CT molecular complexity index is 582. The lowest BCUT2D eigenvalue weighted by molar-refractivity contribution is -0.139. The number of nitrogens with zero attached hydrogens (tertiary/aromatic N) is 1. The zero-order chi connectivity index (χ0) is 18.3. The van der Waals surface area contributed by atoms with E-state index in [1.165, 1.54) is 0 Å². The number of ether oxygens (including phenoxy) is 2. The Morgan fingerprint density at radius 2 is 1.80 bits per heavy atom. The first kappa shape index (κ1) is 19.2. The Kier molecular flexibility index (Phi) is 6.82. The van der Waals surface area contributed by atoms with Crippen LogP contribution in [-0.2, 0) is 14.3 Å². The molecule has 1 heterocycles. The number of carbonyl (C=O) groups excluding carboxylic acids is 2. The van der Waals surface area contributed by atoms with Gasteiger partial charge in [0.25, 0.3) is 11.8 Å². The molecule has 2 rings (SSSR count). The van der Waals surface area contributed by atoms with E-state index in [2.05, 4.69) is 5.32 Å². The molecule has 1 saturated heterocycles. The van der Waals surface area contributed by atoms with Gasteiger partial charge in [-0.05, 0) is 57.4 Å². The van der Waals surface area contributed by atoms with Crippen molar-refractivity contribution >= 4 is 17.5 Å². The maximum Gasteiger partial charge on any atom is 0.260 e. The van der Waals surface area contributed by atoms with Crippen molar-refractivity contribution in [3.63, 3.8) is 0 Å². The molecular weight excluding hydrogens is 320 g/mol.